The molecule has 3 N–H and O–H groups in total. The van der Waals surface area contributed by atoms with Crippen molar-refractivity contribution in [3.05, 3.63) is 71.1 Å². The van der Waals surface area contributed by atoms with Crippen LogP contribution in [0.5, 0.6) is 5.75 Å². The van der Waals surface area contributed by atoms with Gasteiger partial charge in [0.1, 0.15) is 16.8 Å². The van der Waals surface area contributed by atoms with Crippen LogP contribution in [0.25, 0.3) is 22.2 Å². The first-order valence-electron chi connectivity index (χ1n) is 9.46. The number of carbonyl (C=O) groups excluding carboxylic acids is 1. The summed E-state index contributed by atoms with van der Waals surface area (Å²) in [7, 11) is 0. The van der Waals surface area contributed by atoms with E-state index in [-0.39, 0.29) is 17.2 Å². The van der Waals surface area contributed by atoms with E-state index < -0.39 is 0 Å². The van der Waals surface area contributed by atoms with Gasteiger partial charge in [-0.1, -0.05) is 42.1 Å². The van der Waals surface area contributed by atoms with Crippen molar-refractivity contribution >= 4 is 34.4 Å². The molecule has 0 unspecified atom stereocenters. The van der Waals surface area contributed by atoms with Gasteiger partial charge < -0.3 is 15.0 Å². The zero-order valence-electron chi connectivity index (χ0n) is 16.3. The highest BCUT2D eigenvalue weighted by Gasteiger charge is 2.13. The quantitative estimate of drug-likeness (QED) is 0.309. The Bertz CT molecular complexity index is 1220. The van der Waals surface area contributed by atoms with Crippen LogP contribution in [0.1, 0.15) is 6.92 Å². The van der Waals surface area contributed by atoms with Gasteiger partial charge in [0, 0.05) is 17.4 Å². The molecular weight excluding hydrogens is 400 g/mol. The highest BCUT2D eigenvalue weighted by molar-refractivity contribution is 7.99. The Hall–Kier alpha value is -3.52. The largest absolute Gasteiger partial charge is 0.494 e. The van der Waals surface area contributed by atoms with Crippen molar-refractivity contribution in [2.45, 2.75) is 12.1 Å². The van der Waals surface area contributed by atoms with Crippen LogP contribution in [0.15, 0.2) is 70.7 Å². The van der Waals surface area contributed by atoms with Gasteiger partial charge in [-0.15, -0.1) is 0 Å². The third-order valence-corrected chi connectivity index (χ3v) is 5.26. The summed E-state index contributed by atoms with van der Waals surface area (Å²) >= 11 is 1.18. The van der Waals surface area contributed by atoms with Crippen molar-refractivity contribution in [1.82, 2.24) is 15.0 Å². The SMILES string of the molecule is CCOc1ccc(NC(=O)CSc2nc3c(-c4ccccc4)c[nH]c3c(=O)[nH]2)cc1. The lowest BCUT2D eigenvalue weighted by molar-refractivity contribution is -0.113. The Morgan fingerprint density at radius 3 is 2.63 bits per heavy atom. The van der Waals surface area contributed by atoms with Crippen molar-refractivity contribution in [2.24, 2.45) is 0 Å². The molecule has 4 rings (SSSR count). The van der Waals surface area contributed by atoms with Gasteiger partial charge in [0.2, 0.25) is 5.91 Å². The molecule has 0 aliphatic heterocycles. The van der Waals surface area contributed by atoms with Gasteiger partial charge in [-0.3, -0.25) is 14.6 Å². The van der Waals surface area contributed by atoms with Gasteiger partial charge in [0.25, 0.3) is 5.56 Å². The fourth-order valence-corrected chi connectivity index (χ4v) is 3.69. The van der Waals surface area contributed by atoms with Crippen molar-refractivity contribution in [3.8, 4) is 16.9 Å². The number of amides is 1. The molecule has 0 aliphatic rings. The average molecular weight is 420 g/mol. The minimum atomic E-state index is -0.267. The lowest BCUT2D eigenvalue weighted by atomic mass is 10.1. The van der Waals surface area contributed by atoms with E-state index in [0.717, 1.165) is 16.9 Å². The molecule has 0 radical (unpaired) electrons. The third kappa shape index (κ3) is 4.38. The maximum absolute atomic E-state index is 12.4. The number of benzene rings is 2. The van der Waals surface area contributed by atoms with Gasteiger partial charge in [-0.25, -0.2) is 4.98 Å². The summed E-state index contributed by atoms with van der Waals surface area (Å²) in [5.74, 6) is 0.678. The van der Waals surface area contributed by atoms with E-state index in [1.165, 1.54) is 11.8 Å². The van der Waals surface area contributed by atoms with E-state index in [4.69, 9.17) is 4.74 Å². The van der Waals surface area contributed by atoms with Crippen LogP contribution in [0.2, 0.25) is 0 Å². The first kappa shape index (κ1) is 19.8. The maximum Gasteiger partial charge on any atom is 0.275 e. The Balaban J connectivity index is 1.47. The number of fused-ring (bicyclic) bond motifs is 1. The summed E-state index contributed by atoms with van der Waals surface area (Å²) in [6.07, 6.45) is 1.77. The summed E-state index contributed by atoms with van der Waals surface area (Å²) in [6.45, 7) is 2.50. The molecule has 0 spiro atoms. The van der Waals surface area contributed by atoms with E-state index in [1.54, 1.807) is 30.5 Å². The number of thioether (sulfide) groups is 1. The number of carbonyl (C=O) groups is 1. The van der Waals surface area contributed by atoms with Crippen molar-refractivity contribution in [3.63, 3.8) is 0 Å². The summed E-state index contributed by atoms with van der Waals surface area (Å²) in [5.41, 5.74) is 3.22. The van der Waals surface area contributed by atoms with E-state index in [2.05, 4.69) is 20.3 Å². The highest BCUT2D eigenvalue weighted by Crippen LogP contribution is 2.26. The fourth-order valence-electron chi connectivity index (χ4n) is 3.03. The summed E-state index contributed by atoms with van der Waals surface area (Å²) in [4.78, 5) is 35.0. The number of rotatable bonds is 7. The summed E-state index contributed by atoms with van der Waals surface area (Å²) in [6, 6.07) is 16.9. The van der Waals surface area contributed by atoms with Crippen molar-refractivity contribution in [2.75, 3.05) is 17.7 Å². The molecule has 0 saturated heterocycles. The van der Waals surface area contributed by atoms with Crippen molar-refractivity contribution < 1.29 is 9.53 Å². The molecule has 2 heterocycles. The summed E-state index contributed by atoms with van der Waals surface area (Å²) < 4.78 is 5.39. The van der Waals surface area contributed by atoms with Gasteiger partial charge >= 0.3 is 0 Å². The van der Waals surface area contributed by atoms with Crippen LogP contribution in [-0.2, 0) is 4.79 Å². The lowest BCUT2D eigenvalue weighted by Crippen LogP contribution is -2.15. The number of hydrogen-bond donors (Lipinski definition) is 3. The molecule has 0 saturated carbocycles. The number of H-pyrrole nitrogens is 2. The number of nitrogens with one attached hydrogen (secondary N) is 3. The van der Waals surface area contributed by atoms with Gasteiger partial charge in [-0.05, 0) is 36.8 Å². The normalized spacial score (nSPS) is 10.8. The van der Waals surface area contributed by atoms with Crippen LogP contribution in [-0.4, -0.2) is 33.2 Å². The van der Waals surface area contributed by atoms with Crippen LogP contribution in [0, 0.1) is 0 Å². The van der Waals surface area contributed by atoms with Gasteiger partial charge in [-0.2, -0.15) is 0 Å². The minimum Gasteiger partial charge on any atom is -0.494 e. The van der Waals surface area contributed by atoms with Crippen LogP contribution < -0.4 is 15.6 Å². The number of hydrogen-bond acceptors (Lipinski definition) is 5. The maximum atomic E-state index is 12.4. The molecule has 2 aromatic carbocycles. The van der Waals surface area contributed by atoms with Crippen LogP contribution >= 0.6 is 11.8 Å². The zero-order valence-corrected chi connectivity index (χ0v) is 17.1. The standard InChI is InChI=1S/C22H20N4O3S/c1-2-29-16-10-8-15(9-11-16)24-18(27)13-30-22-25-19-17(14-6-4-3-5-7-14)12-23-20(19)21(28)26-22/h3-12,23H,2,13H2,1H3,(H,24,27)(H,25,26,28). The second-order valence-corrected chi connectivity index (χ2v) is 7.42. The smallest absolute Gasteiger partial charge is 0.275 e. The van der Waals surface area contributed by atoms with E-state index in [0.29, 0.717) is 28.5 Å². The zero-order chi connectivity index (χ0) is 20.9. The lowest BCUT2D eigenvalue weighted by Gasteiger charge is -2.07. The predicted octanol–water partition coefficient (Wildman–Crippen LogP) is 4.05. The van der Waals surface area contributed by atoms with Crippen LogP contribution in [0.4, 0.5) is 5.69 Å². The van der Waals surface area contributed by atoms with Crippen molar-refractivity contribution in [1.29, 1.82) is 0 Å². The van der Waals surface area contributed by atoms with E-state index in [9.17, 15) is 9.59 Å². The average Bonchev–Trinajstić information content (AvgIpc) is 3.19. The number of nitrogens with zero attached hydrogens (tertiary/aromatic N) is 1. The number of aromatic nitrogens is 3. The minimum absolute atomic E-state index is 0.118. The van der Waals surface area contributed by atoms with E-state index in [1.807, 2.05) is 37.3 Å². The second-order valence-electron chi connectivity index (χ2n) is 6.46. The van der Waals surface area contributed by atoms with Gasteiger partial charge in [0.05, 0.1) is 12.4 Å². The third-order valence-electron chi connectivity index (χ3n) is 4.39. The predicted molar refractivity (Wildman–Crippen MR) is 119 cm³/mol. The molecule has 0 atom stereocenters. The Morgan fingerprint density at radius 2 is 1.90 bits per heavy atom. The Morgan fingerprint density at radius 1 is 1.13 bits per heavy atom. The van der Waals surface area contributed by atoms with E-state index >= 15 is 0 Å². The first-order chi connectivity index (χ1) is 14.6. The van der Waals surface area contributed by atoms with Crippen LogP contribution in [0.3, 0.4) is 0 Å². The molecule has 0 fully saturated rings. The molecule has 30 heavy (non-hydrogen) atoms. The number of ether oxygens (including phenoxy) is 1. The van der Waals surface area contributed by atoms with Gasteiger partial charge in [0.15, 0.2) is 5.16 Å². The molecule has 152 valence electrons. The molecular formula is C22H20N4O3S. The second kappa shape index (κ2) is 8.87. The molecule has 0 bridgehead atoms. The molecule has 2 aromatic heterocycles. The molecule has 4 aromatic rings. The number of anilines is 1. The topological polar surface area (TPSA) is 99.9 Å². The Labute approximate surface area is 176 Å². The highest BCUT2D eigenvalue weighted by atomic mass is 32.2. The monoisotopic (exact) mass is 420 g/mol. The Kier molecular flexibility index (Phi) is 5.85. The molecule has 7 nitrogen and oxygen atoms in total. The molecule has 0 aliphatic carbocycles. The number of aromatic amines is 2. The first-order valence-corrected chi connectivity index (χ1v) is 10.4. The molecule has 8 heteroatoms. The molecule has 1 amide bonds. The fraction of sp³-hybridized carbons (Fsp3) is 0.136. The summed E-state index contributed by atoms with van der Waals surface area (Å²) in [5, 5.41) is 3.22.